The molecule has 3 rings (SSSR count). The van der Waals surface area contributed by atoms with Crippen molar-refractivity contribution in [1.82, 2.24) is 0 Å². The van der Waals surface area contributed by atoms with Gasteiger partial charge in [0, 0.05) is 12.0 Å². The summed E-state index contributed by atoms with van der Waals surface area (Å²) in [6.07, 6.45) is 1.85. The highest BCUT2D eigenvalue weighted by Gasteiger charge is 2.17. The molecule has 3 aromatic rings. The summed E-state index contributed by atoms with van der Waals surface area (Å²) < 4.78 is 5.82. The Morgan fingerprint density at radius 2 is 1.64 bits per heavy atom. The van der Waals surface area contributed by atoms with Gasteiger partial charge in [-0.2, -0.15) is 0 Å². The zero-order chi connectivity index (χ0) is 20.3. The van der Waals surface area contributed by atoms with Gasteiger partial charge in [-0.15, -0.1) is 0 Å². The normalized spacial score (nSPS) is 10.9. The van der Waals surface area contributed by atoms with E-state index in [0.29, 0.717) is 30.8 Å². The highest BCUT2D eigenvalue weighted by Crippen LogP contribution is 2.33. The average molecular weight is 382 g/mol. The molecule has 0 aromatic heterocycles. The minimum atomic E-state index is -1.17. The van der Waals surface area contributed by atoms with Gasteiger partial charge in [0.25, 0.3) is 0 Å². The van der Waals surface area contributed by atoms with E-state index in [1.807, 2.05) is 25.1 Å². The van der Waals surface area contributed by atoms with Gasteiger partial charge in [-0.3, -0.25) is 0 Å². The molecular weight excluding hydrogens is 360 g/mol. The van der Waals surface area contributed by atoms with Crippen LogP contribution in [0.2, 0.25) is 0 Å². The number of carbonyl (C=O) groups is 1. The number of rotatable bonds is 7. The fraction of sp³-hybridized carbons (Fsp3) is 0.227. The van der Waals surface area contributed by atoms with E-state index < -0.39 is 5.97 Å². The standard InChI is InChI=1S/C22H22O6/c1-2-3-16-20(7-6-17(21(16)25)22(26)27)28-9-8-13-4-5-14-11-18(23)19(24)12-15(14)10-13/h4-7,10-12,23-25H,2-3,8-9H2,1H3,(H,26,27). The van der Waals surface area contributed by atoms with Crippen molar-refractivity contribution in [2.75, 3.05) is 6.61 Å². The van der Waals surface area contributed by atoms with Crippen LogP contribution in [0.4, 0.5) is 0 Å². The molecule has 6 heteroatoms. The van der Waals surface area contributed by atoms with Crippen LogP contribution in [-0.2, 0) is 12.8 Å². The van der Waals surface area contributed by atoms with Crippen LogP contribution in [0, 0.1) is 0 Å². The minimum Gasteiger partial charge on any atom is -0.507 e. The van der Waals surface area contributed by atoms with Gasteiger partial charge in [-0.1, -0.05) is 31.5 Å². The van der Waals surface area contributed by atoms with Crippen molar-refractivity contribution < 1.29 is 30.0 Å². The van der Waals surface area contributed by atoms with E-state index in [1.165, 1.54) is 18.2 Å². The Balaban J connectivity index is 1.76. The molecule has 0 aliphatic rings. The summed E-state index contributed by atoms with van der Waals surface area (Å²) in [4.78, 5) is 11.2. The first-order valence-corrected chi connectivity index (χ1v) is 9.06. The van der Waals surface area contributed by atoms with Crippen molar-refractivity contribution in [3.8, 4) is 23.0 Å². The number of ether oxygens (including phenoxy) is 1. The van der Waals surface area contributed by atoms with E-state index in [4.69, 9.17) is 9.84 Å². The van der Waals surface area contributed by atoms with E-state index >= 15 is 0 Å². The number of aromatic hydroxyl groups is 3. The molecule has 6 nitrogen and oxygen atoms in total. The summed E-state index contributed by atoms with van der Waals surface area (Å²) >= 11 is 0. The van der Waals surface area contributed by atoms with Crippen molar-refractivity contribution in [2.24, 2.45) is 0 Å². The Hall–Kier alpha value is -3.41. The first-order valence-electron chi connectivity index (χ1n) is 9.06. The highest BCUT2D eigenvalue weighted by molar-refractivity contribution is 5.91. The third-order valence-corrected chi connectivity index (χ3v) is 4.62. The van der Waals surface area contributed by atoms with Crippen LogP contribution < -0.4 is 4.74 Å². The molecule has 0 unspecified atom stereocenters. The molecule has 4 N–H and O–H groups in total. The zero-order valence-electron chi connectivity index (χ0n) is 15.5. The second-order valence-corrected chi connectivity index (χ2v) is 6.61. The molecular formula is C22H22O6. The number of benzene rings is 3. The number of aromatic carboxylic acids is 1. The second-order valence-electron chi connectivity index (χ2n) is 6.61. The van der Waals surface area contributed by atoms with Crippen LogP contribution in [0.1, 0.15) is 34.8 Å². The predicted molar refractivity (Wildman–Crippen MR) is 106 cm³/mol. The van der Waals surface area contributed by atoms with Crippen LogP contribution in [0.5, 0.6) is 23.0 Å². The molecule has 0 heterocycles. The highest BCUT2D eigenvalue weighted by atomic mass is 16.5. The molecule has 0 amide bonds. The molecule has 0 aliphatic carbocycles. The molecule has 146 valence electrons. The Morgan fingerprint density at radius 3 is 2.32 bits per heavy atom. The van der Waals surface area contributed by atoms with Gasteiger partial charge in [-0.25, -0.2) is 4.79 Å². The minimum absolute atomic E-state index is 0.131. The van der Waals surface area contributed by atoms with Gasteiger partial charge in [0.2, 0.25) is 0 Å². The lowest BCUT2D eigenvalue weighted by molar-refractivity contribution is 0.0693. The zero-order valence-corrected chi connectivity index (χ0v) is 15.5. The number of hydrogen-bond acceptors (Lipinski definition) is 5. The molecule has 3 aromatic carbocycles. The lowest BCUT2D eigenvalue weighted by Crippen LogP contribution is -2.06. The van der Waals surface area contributed by atoms with Crippen molar-refractivity contribution in [1.29, 1.82) is 0 Å². The monoisotopic (exact) mass is 382 g/mol. The number of phenols is 3. The van der Waals surface area contributed by atoms with E-state index in [-0.39, 0.29) is 22.8 Å². The molecule has 0 spiro atoms. The van der Waals surface area contributed by atoms with Gasteiger partial charge in [0.15, 0.2) is 11.5 Å². The lowest BCUT2D eigenvalue weighted by Gasteiger charge is -2.14. The summed E-state index contributed by atoms with van der Waals surface area (Å²) in [7, 11) is 0. The molecule has 0 atom stereocenters. The number of carboxylic acids is 1. The molecule has 0 bridgehead atoms. The van der Waals surface area contributed by atoms with Gasteiger partial charge >= 0.3 is 5.97 Å². The van der Waals surface area contributed by atoms with E-state index in [0.717, 1.165) is 22.8 Å². The number of phenolic OH excluding ortho intramolecular Hbond substituents is 2. The Kier molecular flexibility index (Phi) is 5.59. The van der Waals surface area contributed by atoms with Gasteiger partial charge in [-0.05, 0) is 47.0 Å². The van der Waals surface area contributed by atoms with Crippen LogP contribution in [-0.4, -0.2) is 33.0 Å². The average Bonchev–Trinajstić information content (AvgIpc) is 2.65. The van der Waals surface area contributed by atoms with Crippen LogP contribution in [0.3, 0.4) is 0 Å². The largest absolute Gasteiger partial charge is 0.507 e. The van der Waals surface area contributed by atoms with Crippen LogP contribution >= 0.6 is 0 Å². The second kappa shape index (κ2) is 8.08. The molecule has 0 saturated heterocycles. The fourth-order valence-electron chi connectivity index (χ4n) is 3.17. The summed E-state index contributed by atoms with van der Waals surface area (Å²) in [6.45, 7) is 2.29. The molecule has 0 aliphatic heterocycles. The quantitative estimate of drug-likeness (QED) is 0.456. The van der Waals surface area contributed by atoms with Crippen LogP contribution in [0.15, 0.2) is 42.5 Å². The maximum absolute atomic E-state index is 11.2. The Morgan fingerprint density at radius 1 is 0.929 bits per heavy atom. The maximum atomic E-state index is 11.2. The number of hydrogen-bond donors (Lipinski definition) is 4. The lowest BCUT2D eigenvalue weighted by atomic mass is 10.0. The molecule has 0 radical (unpaired) electrons. The van der Waals surface area contributed by atoms with E-state index in [2.05, 4.69) is 0 Å². The summed E-state index contributed by atoms with van der Waals surface area (Å²) in [5.41, 5.74) is 1.36. The van der Waals surface area contributed by atoms with Crippen molar-refractivity contribution in [2.45, 2.75) is 26.2 Å². The third-order valence-electron chi connectivity index (χ3n) is 4.62. The topological polar surface area (TPSA) is 107 Å². The summed E-state index contributed by atoms with van der Waals surface area (Å²) in [5.74, 6) is -1.26. The van der Waals surface area contributed by atoms with Gasteiger partial charge < -0.3 is 25.2 Å². The van der Waals surface area contributed by atoms with Crippen LogP contribution in [0.25, 0.3) is 10.8 Å². The SMILES string of the molecule is CCCc1c(OCCc2ccc3cc(O)c(O)cc3c2)ccc(C(=O)O)c1O. The van der Waals surface area contributed by atoms with E-state index in [1.54, 1.807) is 6.07 Å². The van der Waals surface area contributed by atoms with E-state index in [9.17, 15) is 20.1 Å². The number of carboxylic acid groups (broad SMARTS) is 1. The van der Waals surface area contributed by atoms with Crippen molar-refractivity contribution in [3.63, 3.8) is 0 Å². The summed E-state index contributed by atoms with van der Waals surface area (Å²) in [6, 6.07) is 11.6. The number of fused-ring (bicyclic) bond motifs is 1. The van der Waals surface area contributed by atoms with Gasteiger partial charge in [0.1, 0.15) is 17.1 Å². The van der Waals surface area contributed by atoms with Crippen molar-refractivity contribution in [3.05, 3.63) is 59.2 Å². The maximum Gasteiger partial charge on any atom is 0.339 e. The molecule has 0 fully saturated rings. The predicted octanol–water partition coefficient (Wildman–Crippen LogP) is 4.23. The fourth-order valence-corrected chi connectivity index (χ4v) is 3.17. The Bertz CT molecular complexity index is 1030. The molecule has 28 heavy (non-hydrogen) atoms. The molecule has 0 saturated carbocycles. The first kappa shape index (κ1) is 19.4. The van der Waals surface area contributed by atoms with Gasteiger partial charge in [0.05, 0.1) is 6.61 Å². The first-order chi connectivity index (χ1) is 13.4. The smallest absolute Gasteiger partial charge is 0.339 e. The van der Waals surface area contributed by atoms with Crippen molar-refractivity contribution >= 4 is 16.7 Å². The summed E-state index contributed by atoms with van der Waals surface area (Å²) in [5, 5.41) is 40.3. The Labute approximate surface area is 162 Å². The third kappa shape index (κ3) is 3.96.